The van der Waals surface area contributed by atoms with E-state index in [9.17, 15) is 0 Å². The average molecular weight is 135 g/mol. The van der Waals surface area contributed by atoms with E-state index in [-0.39, 0.29) is 0 Å². The quantitative estimate of drug-likeness (QED) is 0.529. The first kappa shape index (κ1) is 5.89. The molecule has 0 bridgehead atoms. The van der Waals surface area contributed by atoms with Crippen molar-refractivity contribution in [2.24, 2.45) is 0 Å². The van der Waals surface area contributed by atoms with Crippen LogP contribution in [0.4, 0.5) is 0 Å². The van der Waals surface area contributed by atoms with Gasteiger partial charge in [-0.15, -0.1) is 10.2 Å². The van der Waals surface area contributed by atoms with Crippen LogP contribution < -0.4 is 0 Å². The molecular weight excluding hydrogens is 126 g/mol. The van der Waals surface area contributed by atoms with Gasteiger partial charge in [0.2, 0.25) is 0 Å². The lowest BCUT2D eigenvalue weighted by Crippen LogP contribution is -1.97. The molecular formula is C7H9N3. The largest absolute Gasteiger partial charge is 0.317 e. The Bertz CT molecular complexity index is 196. The summed E-state index contributed by atoms with van der Waals surface area (Å²) >= 11 is 0. The van der Waals surface area contributed by atoms with Gasteiger partial charge in [-0.2, -0.15) is 0 Å². The van der Waals surface area contributed by atoms with Crippen LogP contribution in [0, 0.1) is 6.42 Å². The van der Waals surface area contributed by atoms with Gasteiger partial charge in [0.1, 0.15) is 12.2 Å². The van der Waals surface area contributed by atoms with Gasteiger partial charge in [0.25, 0.3) is 0 Å². The molecule has 0 saturated carbocycles. The van der Waals surface area contributed by atoms with Crippen LogP contribution in [-0.2, 0) is 6.54 Å². The summed E-state index contributed by atoms with van der Waals surface area (Å²) in [7, 11) is 0. The molecule has 0 atom stereocenters. The SMILES string of the molecule is [C]1CCCCn2cnnc21. The maximum absolute atomic E-state index is 3.92. The zero-order valence-electron chi connectivity index (χ0n) is 5.75. The van der Waals surface area contributed by atoms with Crippen LogP contribution in [0.5, 0.6) is 0 Å². The van der Waals surface area contributed by atoms with E-state index in [4.69, 9.17) is 0 Å². The van der Waals surface area contributed by atoms with Gasteiger partial charge in [-0.25, -0.2) is 0 Å². The minimum Gasteiger partial charge on any atom is -0.317 e. The summed E-state index contributed by atoms with van der Waals surface area (Å²) in [5, 5.41) is 7.71. The standard InChI is InChI=1S/C7H9N3/c1-2-4-7-9-8-6-10(7)5-3-1/h6H,1-3,5H2. The monoisotopic (exact) mass is 135 g/mol. The highest BCUT2D eigenvalue weighted by atomic mass is 15.3. The van der Waals surface area contributed by atoms with Crippen LogP contribution in [0.3, 0.4) is 0 Å². The summed E-state index contributed by atoms with van der Waals surface area (Å²) in [5.41, 5.74) is 0. The fourth-order valence-electron chi connectivity index (χ4n) is 1.16. The third-order valence-electron chi connectivity index (χ3n) is 1.72. The number of rotatable bonds is 0. The Morgan fingerprint density at radius 3 is 3.50 bits per heavy atom. The van der Waals surface area contributed by atoms with Gasteiger partial charge < -0.3 is 4.57 Å². The number of aromatic nitrogens is 3. The Kier molecular flexibility index (Phi) is 1.42. The highest BCUT2D eigenvalue weighted by Gasteiger charge is 2.07. The van der Waals surface area contributed by atoms with Crippen LogP contribution in [0.15, 0.2) is 6.33 Å². The predicted molar refractivity (Wildman–Crippen MR) is 36.2 cm³/mol. The Hall–Kier alpha value is -0.860. The molecule has 2 radical (unpaired) electrons. The van der Waals surface area contributed by atoms with E-state index in [1.54, 1.807) is 6.33 Å². The molecule has 1 aromatic heterocycles. The molecule has 10 heavy (non-hydrogen) atoms. The van der Waals surface area contributed by atoms with Gasteiger partial charge in [0.05, 0.1) is 6.42 Å². The van der Waals surface area contributed by atoms with Crippen molar-refractivity contribution in [3.8, 4) is 0 Å². The second kappa shape index (κ2) is 2.40. The number of hydrogen-bond acceptors (Lipinski definition) is 2. The molecule has 0 saturated heterocycles. The van der Waals surface area contributed by atoms with Crippen LogP contribution in [0.25, 0.3) is 0 Å². The molecule has 3 heteroatoms. The van der Waals surface area contributed by atoms with Gasteiger partial charge >= 0.3 is 0 Å². The maximum atomic E-state index is 3.92. The Morgan fingerprint density at radius 2 is 2.50 bits per heavy atom. The molecule has 0 spiro atoms. The second-order valence-corrected chi connectivity index (χ2v) is 2.48. The number of aryl methyl sites for hydroxylation is 1. The van der Waals surface area contributed by atoms with Crippen molar-refractivity contribution in [1.29, 1.82) is 0 Å². The summed E-state index contributed by atoms with van der Waals surface area (Å²) in [6, 6.07) is 0. The van der Waals surface area contributed by atoms with E-state index >= 15 is 0 Å². The van der Waals surface area contributed by atoms with Gasteiger partial charge in [-0.3, -0.25) is 0 Å². The van der Waals surface area contributed by atoms with E-state index in [0.717, 1.165) is 18.8 Å². The highest BCUT2D eigenvalue weighted by molar-refractivity contribution is 5.01. The smallest absolute Gasteiger partial charge is 0.141 e. The molecule has 0 fully saturated rings. The molecule has 1 aliphatic heterocycles. The predicted octanol–water partition coefficient (Wildman–Crippen LogP) is 0.891. The normalized spacial score (nSPS) is 18.0. The van der Waals surface area contributed by atoms with Crippen molar-refractivity contribution < 1.29 is 0 Å². The van der Waals surface area contributed by atoms with Crippen molar-refractivity contribution in [2.45, 2.75) is 25.8 Å². The summed E-state index contributed by atoms with van der Waals surface area (Å²) in [5.74, 6) is 0.914. The summed E-state index contributed by atoms with van der Waals surface area (Å²) < 4.78 is 2.05. The van der Waals surface area contributed by atoms with E-state index in [1.165, 1.54) is 12.8 Å². The van der Waals surface area contributed by atoms with E-state index in [2.05, 4.69) is 16.6 Å². The van der Waals surface area contributed by atoms with Crippen molar-refractivity contribution >= 4 is 0 Å². The van der Waals surface area contributed by atoms with Crippen molar-refractivity contribution in [3.63, 3.8) is 0 Å². The molecule has 0 amide bonds. The van der Waals surface area contributed by atoms with E-state index in [1.807, 2.05) is 4.57 Å². The van der Waals surface area contributed by atoms with Crippen molar-refractivity contribution in [1.82, 2.24) is 14.8 Å². The number of nitrogens with zero attached hydrogens (tertiary/aromatic N) is 3. The molecule has 0 aromatic carbocycles. The average Bonchev–Trinajstić information content (AvgIpc) is 2.28. The Morgan fingerprint density at radius 1 is 1.50 bits per heavy atom. The number of fused-ring (bicyclic) bond motifs is 1. The first-order valence-electron chi connectivity index (χ1n) is 3.58. The molecule has 0 unspecified atom stereocenters. The molecule has 1 aliphatic rings. The van der Waals surface area contributed by atoms with E-state index < -0.39 is 0 Å². The molecule has 3 nitrogen and oxygen atoms in total. The molecule has 52 valence electrons. The zero-order chi connectivity index (χ0) is 6.81. The van der Waals surface area contributed by atoms with Crippen molar-refractivity contribution in [2.75, 3.05) is 0 Å². The Balaban J connectivity index is 2.28. The maximum Gasteiger partial charge on any atom is 0.141 e. The Labute approximate surface area is 60.1 Å². The second-order valence-electron chi connectivity index (χ2n) is 2.48. The van der Waals surface area contributed by atoms with Crippen LogP contribution in [0.2, 0.25) is 0 Å². The van der Waals surface area contributed by atoms with E-state index in [0.29, 0.717) is 0 Å². The van der Waals surface area contributed by atoms with Crippen LogP contribution in [-0.4, -0.2) is 14.8 Å². The molecule has 1 aromatic rings. The first-order chi connectivity index (χ1) is 4.97. The number of hydrogen-bond donors (Lipinski definition) is 0. The minimum absolute atomic E-state index is 0.914. The first-order valence-corrected chi connectivity index (χ1v) is 3.58. The lowest BCUT2D eigenvalue weighted by Gasteiger charge is -1.96. The van der Waals surface area contributed by atoms with Crippen LogP contribution in [0.1, 0.15) is 25.1 Å². The van der Waals surface area contributed by atoms with Gasteiger partial charge in [0, 0.05) is 6.54 Å². The highest BCUT2D eigenvalue weighted by Crippen LogP contribution is 2.12. The summed E-state index contributed by atoms with van der Waals surface area (Å²) in [6.45, 7) is 1.05. The van der Waals surface area contributed by atoms with Gasteiger partial charge in [-0.1, -0.05) is 6.42 Å². The third kappa shape index (κ3) is 0.916. The fraction of sp³-hybridized carbons (Fsp3) is 0.571. The van der Waals surface area contributed by atoms with Gasteiger partial charge in [0.15, 0.2) is 0 Å². The molecule has 2 rings (SSSR count). The van der Waals surface area contributed by atoms with Gasteiger partial charge in [-0.05, 0) is 12.8 Å². The lowest BCUT2D eigenvalue weighted by atomic mass is 10.2. The third-order valence-corrected chi connectivity index (χ3v) is 1.72. The fourth-order valence-corrected chi connectivity index (χ4v) is 1.16. The summed E-state index contributed by atoms with van der Waals surface area (Å²) in [6.07, 6.45) is 8.44. The molecule has 0 aliphatic carbocycles. The lowest BCUT2D eigenvalue weighted by molar-refractivity contribution is 0.633. The van der Waals surface area contributed by atoms with Crippen LogP contribution >= 0.6 is 0 Å². The summed E-state index contributed by atoms with van der Waals surface area (Å²) in [4.78, 5) is 0. The minimum atomic E-state index is 0.914. The zero-order valence-corrected chi connectivity index (χ0v) is 5.75. The van der Waals surface area contributed by atoms with Crippen molar-refractivity contribution in [3.05, 3.63) is 18.6 Å². The molecule has 2 heterocycles. The topological polar surface area (TPSA) is 30.7 Å². The molecule has 0 N–H and O–H groups in total.